The van der Waals surface area contributed by atoms with E-state index < -0.39 is 4.92 Å². The maximum absolute atomic E-state index is 12.2. The van der Waals surface area contributed by atoms with Crippen LogP contribution in [0.4, 0.5) is 5.69 Å². The summed E-state index contributed by atoms with van der Waals surface area (Å²) in [4.78, 5) is 22.5. The first-order chi connectivity index (χ1) is 12.4. The standard InChI is InChI=1S/C19H22N2O5/c1-4-16(14-7-5-13(2)6-8-14)20-19(22)12-26-15-9-10-17(21(23)24)18(11-15)25-3/h5-11,16H,4,12H2,1-3H3,(H,20,22)/t16-/m0/s1. The van der Waals surface area contributed by atoms with Crippen molar-refractivity contribution in [2.45, 2.75) is 26.3 Å². The van der Waals surface area contributed by atoms with Gasteiger partial charge in [-0.15, -0.1) is 0 Å². The molecule has 0 saturated carbocycles. The van der Waals surface area contributed by atoms with Gasteiger partial charge in [0.25, 0.3) is 5.91 Å². The number of nitrogens with zero attached hydrogens (tertiary/aromatic N) is 1. The van der Waals surface area contributed by atoms with Gasteiger partial charge in [-0.1, -0.05) is 36.8 Å². The summed E-state index contributed by atoms with van der Waals surface area (Å²) in [5, 5.41) is 13.8. The minimum Gasteiger partial charge on any atom is -0.490 e. The van der Waals surface area contributed by atoms with Gasteiger partial charge >= 0.3 is 5.69 Å². The first-order valence-electron chi connectivity index (χ1n) is 8.25. The van der Waals surface area contributed by atoms with Crippen molar-refractivity contribution >= 4 is 11.6 Å². The Hall–Kier alpha value is -3.09. The quantitative estimate of drug-likeness (QED) is 0.575. The first-order valence-corrected chi connectivity index (χ1v) is 8.25. The van der Waals surface area contributed by atoms with Gasteiger partial charge in [-0.2, -0.15) is 0 Å². The molecule has 1 N–H and O–H groups in total. The van der Waals surface area contributed by atoms with E-state index >= 15 is 0 Å². The topological polar surface area (TPSA) is 90.7 Å². The number of ether oxygens (including phenoxy) is 2. The number of amides is 1. The second kappa shape index (κ2) is 8.84. The molecule has 7 nitrogen and oxygen atoms in total. The Kier molecular flexibility index (Phi) is 6.54. The lowest BCUT2D eigenvalue weighted by molar-refractivity contribution is -0.385. The van der Waals surface area contributed by atoms with Crippen molar-refractivity contribution in [2.75, 3.05) is 13.7 Å². The molecule has 0 heterocycles. The number of nitro groups is 1. The van der Waals surface area contributed by atoms with E-state index in [2.05, 4.69) is 5.32 Å². The number of nitrogens with one attached hydrogen (secondary N) is 1. The van der Waals surface area contributed by atoms with Gasteiger partial charge in [-0.25, -0.2) is 0 Å². The van der Waals surface area contributed by atoms with E-state index in [1.807, 2.05) is 38.1 Å². The normalized spacial score (nSPS) is 11.5. The van der Waals surface area contributed by atoms with Crippen LogP contribution in [0.5, 0.6) is 11.5 Å². The van der Waals surface area contributed by atoms with E-state index in [4.69, 9.17) is 9.47 Å². The zero-order chi connectivity index (χ0) is 19.1. The molecule has 7 heteroatoms. The van der Waals surface area contributed by atoms with Crippen LogP contribution in [0.25, 0.3) is 0 Å². The van der Waals surface area contributed by atoms with Crippen molar-refractivity contribution < 1.29 is 19.2 Å². The number of hydrogen-bond acceptors (Lipinski definition) is 5. The van der Waals surface area contributed by atoms with Gasteiger partial charge in [0.2, 0.25) is 5.75 Å². The molecule has 1 atom stereocenters. The van der Waals surface area contributed by atoms with Crippen LogP contribution in [0.1, 0.15) is 30.5 Å². The van der Waals surface area contributed by atoms with Crippen molar-refractivity contribution in [3.05, 3.63) is 63.7 Å². The average Bonchev–Trinajstić information content (AvgIpc) is 2.64. The van der Waals surface area contributed by atoms with E-state index in [9.17, 15) is 14.9 Å². The molecule has 138 valence electrons. The molecule has 0 aliphatic rings. The van der Waals surface area contributed by atoms with Gasteiger partial charge in [0, 0.05) is 12.1 Å². The molecule has 2 aromatic rings. The number of nitro benzene ring substituents is 1. The average molecular weight is 358 g/mol. The zero-order valence-corrected chi connectivity index (χ0v) is 15.0. The number of methoxy groups -OCH3 is 1. The maximum Gasteiger partial charge on any atom is 0.311 e. The summed E-state index contributed by atoms with van der Waals surface area (Å²) < 4.78 is 10.4. The molecule has 0 aromatic heterocycles. The Morgan fingerprint density at radius 3 is 2.50 bits per heavy atom. The summed E-state index contributed by atoms with van der Waals surface area (Å²) in [7, 11) is 1.34. The van der Waals surface area contributed by atoms with Gasteiger partial charge in [0.1, 0.15) is 5.75 Å². The van der Waals surface area contributed by atoms with E-state index in [0.717, 1.165) is 17.5 Å². The molecule has 1 amide bonds. The van der Waals surface area contributed by atoms with E-state index in [1.54, 1.807) is 0 Å². The molecule has 26 heavy (non-hydrogen) atoms. The van der Waals surface area contributed by atoms with Crippen molar-refractivity contribution in [1.82, 2.24) is 5.32 Å². The van der Waals surface area contributed by atoms with Crippen LogP contribution in [0.15, 0.2) is 42.5 Å². The fourth-order valence-electron chi connectivity index (χ4n) is 2.50. The van der Waals surface area contributed by atoms with Crippen molar-refractivity contribution in [2.24, 2.45) is 0 Å². The molecule has 0 saturated heterocycles. The monoisotopic (exact) mass is 358 g/mol. The molecule has 0 spiro atoms. The van der Waals surface area contributed by atoms with Gasteiger partial charge in [-0.05, 0) is 25.0 Å². The van der Waals surface area contributed by atoms with Gasteiger partial charge < -0.3 is 14.8 Å². The molecule has 0 aliphatic carbocycles. The number of aryl methyl sites for hydroxylation is 1. The van der Waals surface area contributed by atoms with Crippen molar-refractivity contribution in [3.63, 3.8) is 0 Å². The SMILES string of the molecule is CC[C@H](NC(=O)COc1ccc([N+](=O)[O-])c(OC)c1)c1ccc(C)cc1. The highest BCUT2D eigenvalue weighted by Crippen LogP contribution is 2.30. The van der Waals surface area contributed by atoms with Gasteiger partial charge in [0.15, 0.2) is 6.61 Å². The van der Waals surface area contributed by atoms with E-state index in [-0.39, 0.29) is 30.0 Å². The highest BCUT2D eigenvalue weighted by molar-refractivity contribution is 5.78. The summed E-state index contributed by atoms with van der Waals surface area (Å²) in [5.41, 5.74) is 2.03. The number of benzene rings is 2. The Morgan fingerprint density at radius 1 is 1.23 bits per heavy atom. The molecule has 2 aromatic carbocycles. The maximum atomic E-state index is 12.2. The third kappa shape index (κ3) is 4.95. The smallest absolute Gasteiger partial charge is 0.311 e. The molecule has 0 radical (unpaired) electrons. The number of hydrogen-bond donors (Lipinski definition) is 1. The zero-order valence-electron chi connectivity index (χ0n) is 15.0. The molecule has 0 fully saturated rings. The summed E-state index contributed by atoms with van der Waals surface area (Å²) in [5.74, 6) is 0.139. The third-order valence-corrected chi connectivity index (χ3v) is 3.94. The number of carbonyl (C=O) groups excluding carboxylic acids is 1. The molecule has 0 aliphatic heterocycles. The largest absolute Gasteiger partial charge is 0.490 e. The van der Waals surface area contributed by atoms with Crippen molar-refractivity contribution in [1.29, 1.82) is 0 Å². The Balaban J connectivity index is 1.97. The summed E-state index contributed by atoms with van der Waals surface area (Å²) >= 11 is 0. The Morgan fingerprint density at radius 2 is 1.92 bits per heavy atom. The molecule has 0 bridgehead atoms. The molecule has 0 unspecified atom stereocenters. The van der Waals surface area contributed by atoms with Crippen LogP contribution in [0.2, 0.25) is 0 Å². The predicted molar refractivity (Wildman–Crippen MR) is 97.5 cm³/mol. The van der Waals surface area contributed by atoms with Crippen LogP contribution in [0, 0.1) is 17.0 Å². The van der Waals surface area contributed by atoms with Gasteiger partial charge in [-0.3, -0.25) is 14.9 Å². The lowest BCUT2D eigenvalue weighted by Crippen LogP contribution is -2.32. The minimum absolute atomic E-state index is 0.0824. The van der Waals surface area contributed by atoms with Gasteiger partial charge in [0.05, 0.1) is 18.1 Å². The summed E-state index contributed by atoms with van der Waals surface area (Å²) in [6.07, 6.45) is 0.750. The van der Waals surface area contributed by atoms with Crippen LogP contribution in [-0.4, -0.2) is 24.5 Å². The van der Waals surface area contributed by atoms with Crippen LogP contribution in [-0.2, 0) is 4.79 Å². The van der Waals surface area contributed by atoms with Crippen LogP contribution < -0.4 is 14.8 Å². The highest BCUT2D eigenvalue weighted by Gasteiger charge is 2.17. The van der Waals surface area contributed by atoms with Crippen LogP contribution >= 0.6 is 0 Å². The second-order valence-corrected chi connectivity index (χ2v) is 5.82. The van der Waals surface area contributed by atoms with Crippen molar-refractivity contribution in [3.8, 4) is 11.5 Å². The Labute approximate surface area is 152 Å². The summed E-state index contributed by atoms with van der Waals surface area (Å²) in [6, 6.07) is 12.0. The number of rotatable bonds is 8. The third-order valence-electron chi connectivity index (χ3n) is 3.94. The Bertz CT molecular complexity index is 774. The van der Waals surface area contributed by atoms with Crippen LogP contribution in [0.3, 0.4) is 0 Å². The number of carbonyl (C=O) groups is 1. The predicted octanol–water partition coefficient (Wildman–Crippen LogP) is 3.56. The minimum atomic E-state index is -0.539. The fourth-order valence-corrected chi connectivity index (χ4v) is 2.50. The van der Waals surface area contributed by atoms with E-state index in [1.165, 1.54) is 25.3 Å². The summed E-state index contributed by atoms with van der Waals surface area (Å²) in [6.45, 7) is 3.81. The molecule has 2 rings (SSSR count). The first kappa shape index (κ1) is 19.2. The lowest BCUT2D eigenvalue weighted by Gasteiger charge is -2.18. The highest BCUT2D eigenvalue weighted by atomic mass is 16.6. The molecular weight excluding hydrogens is 336 g/mol. The lowest BCUT2D eigenvalue weighted by atomic mass is 10.0. The fraction of sp³-hybridized carbons (Fsp3) is 0.316. The molecular formula is C19H22N2O5. The second-order valence-electron chi connectivity index (χ2n) is 5.82. The van der Waals surface area contributed by atoms with E-state index in [0.29, 0.717) is 5.75 Å².